The Hall–Kier alpha value is -0.220. The first-order chi connectivity index (χ1) is 9.05. The average molecular weight is 285 g/mol. The van der Waals surface area contributed by atoms with Crippen molar-refractivity contribution >= 4 is 17.7 Å². The molecule has 1 heterocycles. The van der Waals surface area contributed by atoms with Gasteiger partial charge in [-0.3, -0.25) is 9.69 Å². The Bertz CT molecular complexity index is 315. The number of thioether (sulfide) groups is 1. The van der Waals surface area contributed by atoms with E-state index in [-0.39, 0.29) is 5.54 Å². The van der Waals surface area contributed by atoms with Crippen molar-refractivity contribution in [3.8, 4) is 0 Å². The fourth-order valence-corrected chi connectivity index (χ4v) is 5.16. The maximum atomic E-state index is 11.3. The van der Waals surface area contributed by atoms with Crippen molar-refractivity contribution in [2.45, 2.75) is 75.1 Å². The zero-order valence-electron chi connectivity index (χ0n) is 12.2. The Kier molecular flexibility index (Phi) is 5.18. The minimum Gasteiger partial charge on any atom is -0.481 e. The summed E-state index contributed by atoms with van der Waals surface area (Å²) in [7, 11) is 2.18. The summed E-state index contributed by atoms with van der Waals surface area (Å²) in [6, 6.07) is 0.552. The summed E-state index contributed by atoms with van der Waals surface area (Å²) in [4.78, 5) is 13.8. The van der Waals surface area contributed by atoms with Gasteiger partial charge in [0.15, 0.2) is 0 Å². The van der Waals surface area contributed by atoms with E-state index in [0.717, 1.165) is 12.8 Å². The summed E-state index contributed by atoms with van der Waals surface area (Å²) in [5.41, 5.74) is -0.0824. The van der Waals surface area contributed by atoms with Crippen LogP contribution < -0.4 is 0 Å². The molecule has 2 unspecified atom stereocenters. The van der Waals surface area contributed by atoms with Crippen molar-refractivity contribution in [1.29, 1.82) is 0 Å². The zero-order chi connectivity index (χ0) is 13.9. The van der Waals surface area contributed by atoms with Crippen molar-refractivity contribution in [1.82, 2.24) is 4.90 Å². The number of carbonyl (C=O) groups is 1. The van der Waals surface area contributed by atoms with Gasteiger partial charge in [-0.2, -0.15) is 11.8 Å². The van der Waals surface area contributed by atoms with Gasteiger partial charge in [0.25, 0.3) is 0 Å². The molecule has 1 aliphatic carbocycles. The van der Waals surface area contributed by atoms with Gasteiger partial charge in [-0.25, -0.2) is 0 Å². The molecule has 0 amide bonds. The second kappa shape index (κ2) is 6.49. The first-order valence-electron chi connectivity index (χ1n) is 7.61. The molecule has 0 bridgehead atoms. The molecular weight excluding hydrogens is 258 g/mol. The van der Waals surface area contributed by atoms with Crippen LogP contribution in [0.5, 0.6) is 0 Å². The summed E-state index contributed by atoms with van der Waals surface area (Å²) in [5, 5.41) is 9.94. The highest BCUT2D eigenvalue weighted by Crippen LogP contribution is 2.40. The molecule has 4 heteroatoms. The summed E-state index contributed by atoms with van der Waals surface area (Å²) in [5.74, 6) is 0.627. The van der Waals surface area contributed by atoms with Crippen molar-refractivity contribution in [3.05, 3.63) is 0 Å². The molecule has 0 aromatic carbocycles. The van der Waals surface area contributed by atoms with Crippen molar-refractivity contribution in [2.75, 3.05) is 12.8 Å². The molecular formula is C15H27NO2S. The third-order valence-electron chi connectivity index (χ3n) is 5.08. The lowest BCUT2D eigenvalue weighted by Crippen LogP contribution is -2.56. The fraction of sp³-hybridized carbons (Fsp3) is 0.933. The molecule has 2 rings (SSSR count). The minimum atomic E-state index is -0.634. The number of carboxylic acid groups (broad SMARTS) is 1. The van der Waals surface area contributed by atoms with E-state index in [1.165, 1.54) is 37.9 Å². The van der Waals surface area contributed by atoms with Crippen molar-refractivity contribution < 1.29 is 9.90 Å². The highest BCUT2D eigenvalue weighted by atomic mass is 32.2. The average Bonchev–Trinajstić information content (AvgIpc) is 2.39. The predicted octanol–water partition coefficient (Wildman–Crippen LogP) is 3.38. The van der Waals surface area contributed by atoms with E-state index in [1.54, 1.807) is 0 Å². The lowest BCUT2D eigenvalue weighted by molar-refractivity contribution is -0.141. The summed E-state index contributed by atoms with van der Waals surface area (Å²) < 4.78 is 0. The number of carboxylic acids is 1. The van der Waals surface area contributed by atoms with Gasteiger partial charge in [-0.15, -0.1) is 0 Å². The van der Waals surface area contributed by atoms with Crippen LogP contribution in [0.25, 0.3) is 0 Å². The Morgan fingerprint density at radius 1 is 1.32 bits per heavy atom. The molecule has 0 radical (unpaired) electrons. The number of nitrogens with zero attached hydrogens (tertiary/aromatic N) is 1. The summed E-state index contributed by atoms with van der Waals surface area (Å²) in [6.07, 6.45) is 8.58. The maximum absolute atomic E-state index is 11.3. The van der Waals surface area contributed by atoms with E-state index in [0.29, 0.717) is 17.7 Å². The van der Waals surface area contributed by atoms with Crippen LogP contribution in [0.2, 0.25) is 0 Å². The summed E-state index contributed by atoms with van der Waals surface area (Å²) >= 11 is 2.05. The highest BCUT2D eigenvalue weighted by molar-refractivity contribution is 7.99. The van der Waals surface area contributed by atoms with Crippen LogP contribution in [0.4, 0.5) is 0 Å². The number of hydrogen-bond acceptors (Lipinski definition) is 3. The van der Waals surface area contributed by atoms with Crippen LogP contribution >= 0.6 is 11.8 Å². The van der Waals surface area contributed by atoms with Crippen LogP contribution in [-0.2, 0) is 4.79 Å². The van der Waals surface area contributed by atoms with Crippen LogP contribution in [0.15, 0.2) is 0 Å². The molecule has 1 saturated carbocycles. The molecule has 3 nitrogen and oxygen atoms in total. The molecule has 2 aliphatic rings. The normalized spacial score (nSPS) is 31.3. The monoisotopic (exact) mass is 285 g/mol. The predicted molar refractivity (Wildman–Crippen MR) is 80.8 cm³/mol. The standard InChI is InChI=1S/C15H27NO2S/c1-12-13(7-6-10-19-12)16(2)15(11-14(17)18)8-4-3-5-9-15/h12-13H,3-11H2,1-2H3,(H,17,18). The summed E-state index contributed by atoms with van der Waals surface area (Å²) in [6.45, 7) is 2.31. The van der Waals surface area contributed by atoms with E-state index in [1.807, 2.05) is 11.8 Å². The molecule has 0 aromatic rings. The number of rotatable bonds is 4. The molecule has 0 spiro atoms. The molecule has 2 atom stereocenters. The van der Waals surface area contributed by atoms with Crippen molar-refractivity contribution in [2.24, 2.45) is 0 Å². The highest BCUT2D eigenvalue weighted by Gasteiger charge is 2.42. The van der Waals surface area contributed by atoms with Crippen LogP contribution in [-0.4, -0.2) is 45.6 Å². The van der Waals surface area contributed by atoms with Crippen LogP contribution in [0.1, 0.15) is 58.3 Å². The van der Waals surface area contributed by atoms with E-state index in [2.05, 4.69) is 18.9 Å². The molecule has 0 aromatic heterocycles. The third-order valence-corrected chi connectivity index (χ3v) is 6.44. The SMILES string of the molecule is CC1SCCCC1N(C)C1(CC(=O)O)CCCCC1. The molecule has 2 fully saturated rings. The first-order valence-corrected chi connectivity index (χ1v) is 8.66. The van der Waals surface area contributed by atoms with E-state index in [4.69, 9.17) is 0 Å². The molecule has 1 saturated heterocycles. The van der Waals surface area contributed by atoms with E-state index < -0.39 is 5.97 Å². The van der Waals surface area contributed by atoms with Gasteiger partial charge < -0.3 is 5.11 Å². The van der Waals surface area contributed by atoms with Gasteiger partial charge in [0.1, 0.15) is 0 Å². The van der Waals surface area contributed by atoms with Gasteiger partial charge in [-0.1, -0.05) is 26.2 Å². The smallest absolute Gasteiger partial charge is 0.305 e. The van der Waals surface area contributed by atoms with Gasteiger partial charge in [-0.05, 0) is 38.5 Å². The van der Waals surface area contributed by atoms with Gasteiger partial charge in [0, 0.05) is 16.8 Å². The fourth-order valence-electron chi connectivity index (χ4n) is 3.91. The minimum absolute atomic E-state index is 0.0824. The van der Waals surface area contributed by atoms with E-state index >= 15 is 0 Å². The quantitative estimate of drug-likeness (QED) is 0.859. The molecule has 1 aliphatic heterocycles. The Balaban J connectivity index is 2.14. The Labute approximate surface area is 121 Å². The number of hydrogen-bond donors (Lipinski definition) is 1. The van der Waals surface area contributed by atoms with Crippen molar-refractivity contribution in [3.63, 3.8) is 0 Å². The zero-order valence-corrected chi connectivity index (χ0v) is 13.0. The second-order valence-electron chi connectivity index (χ2n) is 6.25. The molecule has 1 N–H and O–H groups in total. The molecule has 110 valence electrons. The molecule has 19 heavy (non-hydrogen) atoms. The van der Waals surface area contributed by atoms with E-state index in [9.17, 15) is 9.90 Å². The lowest BCUT2D eigenvalue weighted by atomic mass is 9.77. The number of aliphatic carboxylic acids is 1. The second-order valence-corrected chi connectivity index (χ2v) is 7.74. The lowest BCUT2D eigenvalue weighted by Gasteiger charge is -2.50. The maximum Gasteiger partial charge on any atom is 0.305 e. The van der Waals surface area contributed by atoms with Gasteiger partial charge in [0.2, 0.25) is 0 Å². The third kappa shape index (κ3) is 3.46. The Morgan fingerprint density at radius 3 is 2.58 bits per heavy atom. The van der Waals surface area contributed by atoms with Gasteiger partial charge >= 0.3 is 5.97 Å². The van der Waals surface area contributed by atoms with Crippen LogP contribution in [0.3, 0.4) is 0 Å². The topological polar surface area (TPSA) is 40.5 Å². The van der Waals surface area contributed by atoms with Gasteiger partial charge in [0.05, 0.1) is 6.42 Å². The Morgan fingerprint density at radius 2 is 2.00 bits per heavy atom. The van der Waals surface area contributed by atoms with Crippen LogP contribution in [0, 0.1) is 0 Å². The first kappa shape index (κ1) is 15.2. The largest absolute Gasteiger partial charge is 0.481 e.